The van der Waals surface area contributed by atoms with Crippen molar-refractivity contribution < 1.29 is 4.79 Å². The number of carbonyl (C=O) groups excluding carboxylic acids is 1. The Hall–Kier alpha value is -3.93. The molecule has 0 amide bonds. The molecular formula is C29H18ClNO. The Kier molecular flexibility index (Phi) is 4.78. The lowest BCUT2D eigenvalue weighted by molar-refractivity contribution is -0.112. The SMILES string of the molecule is Cl.N#Cc1ccc(C2=c3c(ccc4c3ccc3c5ccccc5ccc43)=CC(=O)C2)cc1. The van der Waals surface area contributed by atoms with Gasteiger partial charge in [-0.05, 0) is 72.1 Å². The van der Waals surface area contributed by atoms with E-state index in [0.717, 1.165) is 27.0 Å². The molecule has 0 saturated heterocycles. The van der Waals surface area contributed by atoms with E-state index in [-0.39, 0.29) is 18.2 Å². The van der Waals surface area contributed by atoms with Gasteiger partial charge in [-0.3, -0.25) is 4.79 Å². The molecule has 0 spiro atoms. The topological polar surface area (TPSA) is 40.9 Å². The molecule has 5 aromatic carbocycles. The quantitative estimate of drug-likeness (QED) is 0.334. The third-order valence-corrected chi connectivity index (χ3v) is 6.29. The van der Waals surface area contributed by atoms with Gasteiger partial charge >= 0.3 is 0 Å². The molecule has 152 valence electrons. The van der Waals surface area contributed by atoms with Crippen molar-refractivity contribution >= 4 is 62.2 Å². The number of carbonyl (C=O) groups is 1. The van der Waals surface area contributed by atoms with E-state index in [1.165, 1.54) is 26.9 Å². The van der Waals surface area contributed by atoms with E-state index in [2.05, 4.69) is 66.7 Å². The highest BCUT2D eigenvalue weighted by molar-refractivity contribution is 6.19. The van der Waals surface area contributed by atoms with Gasteiger partial charge in [0.25, 0.3) is 0 Å². The van der Waals surface area contributed by atoms with Crippen molar-refractivity contribution in [1.29, 1.82) is 5.26 Å². The smallest absolute Gasteiger partial charge is 0.160 e. The number of fused-ring (bicyclic) bond motifs is 7. The molecule has 3 heteroatoms. The number of rotatable bonds is 1. The number of benzene rings is 5. The van der Waals surface area contributed by atoms with Crippen LogP contribution in [0.15, 0.2) is 84.9 Å². The van der Waals surface area contributed by atoms with Gasteiger partial charge in [0.15, 0.2) is 5.78 Å². The van der Waals surface area contributed by atoms with E-state index in [9.17, 15) is 4.79 Å². The van der Waals surface area contributed by atoms with Gasteiger partial charge in [-0.2, -0.15) is 5.26 Å². The molecule has 32 heavy (non-hydrogen) atoms. The van der Waals surface area contributed by atoms with Gasteiger partial charge in [-0.25, -0.2) is 0 Å². The third-order valence-electron chi connectivity index (χ3n) is 6.29. The van der Waals surface area contributed by atoms with E-state index in [0.29, 0.717) is 12.0 Å². The van der Waals surface area contributed by atoms with Crippen LogP contribution in [0.1, 0.15) is 17.5 Å². The van der Waals surface area contributed by atoms with Crippen LogP contribution in [0.5, 0.6) is 0 Å². The van der Waals surface area contributed by atoms with Gasteiger partial charge in [0.2, 0.25) is 0 Å². The lowest BCUT2D eigenvalue weighted by atomic mass is 9.88. The maximum atomic E-state index is 12.5. The van der Waals surface area contributed by atoms with Crippen molar-refractivity contribution in [2.75, 3.05) is 0 Å². The summed E-state index contributed by atoms with van der Waals surface area (Å²) in [7, 11) is 0. The molecule has 0 atom stereocenters. The summed E-state index contributed by atoms with van der Waals surface area (Å²) in [5.74, 6) is 0.109. The summed E-state index contributed by atoms with van der Waals surface area (Å²) in [5, 5.41) is 18.5. The van der Waals surface area contributed by atoms with E-state index < -0.39 is 0 Å². The first-order valence-corrected chi connectivity index (χ1v) is 10.3. The van der Waals surface area contributed by atoms with Crippen molar-refractivity contribution in [2.24, 2.45) is 0 Å². The van der Waals surface area contributed by atoms with Crippen LogP contribution in [0.2, 0.25) is 0 Å². The molecule has 0 saturated carbocycles. The monoisotopic (exact) mass is 431 g/mol. The van der Waals surface area contributed by atoms with Crippen LogP contribution in [0.3, 0.4) is 0 Å². The molecule has 0 bridgehead atoms. The third kappa shape index (κ3) is 2.99. The van der Waals surface area contributed by atoms with Crippen LogP contribution in [-0.2, 0) is 4.79 Å². The molecule has 0 aromatic heterocycles. The maximum Gasteiger partial charge on any atom is 0.160 e. The van der Waals surface area contributed by atoms with Gasteiger partial charge < -0.3 is 0 Å². The Bertz CT molecular complexity index is 1720. The zero-order valence-corrected chi connectivity index (χ0v) is 17.9. The van der Waals surface area contributed by atoms with E-state index in [1.807, 2.05) is 24.3 Å². The Balaban J connectivity index is 0.00000216. The first kappa shape index (κ1) is 20.0. The summed E-state index contributed by atoms with van der Waals surface area (Å²) in [4.78, 5) is 12.5. The highest BCUT2D eigenvalue weighted by Gasteiger charge is 2.16. The number of hydrogen-bond acceptors (Lipinski definition) is 2. The Morgan fingerprint density at radius 1 is 0.688 bits per heavy atom. The fraction of sp³-hybridized carbons (Fsp3) is 0.0345. The summed E-state index contributed by atoms with van der Waals surface area (Å²) < 4.78 is 0. The minimum atomic E-state index is 0. The molecule has 1 aliphatic carbocycles. The summed E-state index contributed by atoms with van der Waals surface area (Å²) in [6.07, 6.45) is 2.13. The molecule has 5 aromatic rings. The van der Waals surface area contributed by atoms with Crippen LogP contribution in [0.4, 0.5) is 0 Å². The number of nitriles is 1. The number of ketones is 1. The predicted molar refractivity (Wildman–Crippen MR) is 133 cm³/mol. The highest BCUT2D eigenvalue weighted by Crippen LogP contribution is 2.30. The Morgan fingerprint density at radius 3 is 2.16 bits per heavy atom. The van der Waals surface area contributed by atoms with Crippen LogP contribution < -0.4 is 10.4 Å². The van der Waals surface area contributed by atoms with Crippen molar-refractivity contribution in [3.63, 3.8) is 0 Å². The molecule has 0 heterocycles. The predicted octanol–water partition coefficient (Wildman–Crippen LogP) is 5.39. The maximum absolute atomic E-state index is 12.5. The molecule has 2 nitrogen and oxygen atoms in total. The molecule has 0 aliphatic heterocycles. The molecule has 0 fully saturated rings. The minimum absolute atomic E-state index is 0. The van der Waals surface area contributed by atoms with Gasteiger partial charge in [-0.15, -0.1) is 12.4 Å². The van der Waals surface area contributed by atoms with E-state index >= 15 is 0 Å². The average molecular weight is 432 g/mol. The van der Waals surface area contributed by atoms with Crippen molar-refractivity contribution in [3.05, 3.63) is 106 Å². The Labute approximate surface area is 191 Å². The van der Waals surface area contributed by atoms with Gasteiger partial charge in [0, 0.05) is 6.42 Å². The molecule has 1 aliphatic rings. The second kappa shape index (κ2) is 7.64. The molecule has 0 unspecified atom stereocenters. The van der Waals surface area contributed by atoms with Gasteiger partial charge in [0.1, 0.15) is 0 Å². The zero-order chi connectivity index (χ0) is 20.9. The average Bonchev–Trinajstić information content (AvgIpc) is 2.82. The summed E-state index contributed by atoms with van der Waals surface area (Å²) in [6.45, 7) is 0. The van der Waals surface area contributed by atoms with Crippen LogP contribution in [-0.4, -0.2) is 5.78 Å². The number of Topliss-reactive ketones (excluding diaryl/α,β-unsaturated/α-hetero) is 1. The van der Waals surface area contributed by atoms with Crippen LogP contribution >= 0.6 is 12.4 Å². The molecule has 0 radical (unpaired) electrons. The van der Waals surface area contributed by atoms with E-state index in [1.54, 1.807) is 6.08 Å². The fourth-order valence-electron chi connectivity index (χ4n) is 4.86. The molecule has 6 rings (SSSR count). The summed E-state index contributed by atoms with van der Waals surface area (Å²) >= 11 is 0. The highest BCUT2D eigenvalue weighted by atomic mass is 35.5. The minimum Gasteiger partial charge on any atom is -0.294 e. The normalized spacial score (nSPS) is 12.8. The summed E-state index contributed by atoms with van der Waals surface area (Å²) in [6, 6.07) is 31.1. The lowest BCUT2D eigenvalue weighted by Gasteiger charge is -2.15. The Morgan fingerprint density at radius 2 is 1.34 bits per heavy atom. The second-order valence-electron chi connectivity index (χ2n) is 8.03. The van der Waals surface area contributed by atoms with Crippen molar-refractivity contribution in [3.8, 4) is 6.07 Å². The zero-order valence-electron chi connectivity index (χ0n) is 17.1. The number of halogens is 1. The van der Waals surface area contributed by atoms with Gasteiger partial charge in [0.05, 0.1) is 11.6 Å². The van der Waals surface area contributed by atoms with Crippen molar-refractivity contribution in [2.45, 2.75) is 6.42 Å². The molecule has 0 N–H and O–H groups in total. The van der Waals surface area contributed by atoms with E-state index in [4.69, 9.17) is 5.26 Å². The number of nitrogens with zero attached hydrogens (tertiary/aromatic N) is 1. The first-order valence-electron chi connectivity index (χ1n) is 10.3. The standard InChI is InChI=1S/C29H17NO.ClH/c30-17-18-5-7-20(8-6-18)28-16-22(31)15-21-10-12-26-25-11-9-19-3-1-2-4-23(19)24(25)13-14-27(26)29(21)28;/h1-15H,16H2;1H. The fourth-order valence-corrected chi connectivity index (χ4v) is 4.86. The van der Waals surface area contributed by atoms with Crippen LogP contribution in [0.25, 0.3) is 44.0 Å². The van der Waals surface area contributed by atoms with Crippen LogP contribution in [0, 0.1) is 11.3 Å². The summed E-state index contributed by atoms with van der Waals surface area (Å²) in [5.41, 5.74) is 2.64. The molecular weight excluding hydrogens is 414 g/mol. The van der Waals surface area contributed by atoms with Gasteiger partial charge in [-0.1, -0.05) is 72.8 Å². The largest absolute Gasteiger partial charge is 0.294 e. The second-order valence-corrected chi connectivity index (χ2v) is 8.03. The van der Waals surface area contributed by atoms with Crippen molar-refractivity contribution in [1.82, 2.24) is 0 Å². The lowest BCUT2D eigenvalue weighted by Crippen LogP contribution is -2.33. The first-order chi connectivity index (χ1) is 15.2. The number of hydrogen-bond donors (Lipinski definition) is 0.